The summed E-state index contributed by atoms with van der Waals surface area (Å²) >= 11 is 0. The van der Waals surface area contributed by atoms with Crippen molar-refractivity contribution in [3.8, 4) is 91.6 Å². The fourth-order valence-corrected chi connectivity index (χ4v) is 10.7. The van der Waals surface area contributed by atoms with Gasteiger partial charge in [0.15, 0.2) is 70.1 Å². The lowest BCUT2D eigenvalue weighted by Gasteiger charge is -2.47. The van der Waals surface area contributed by atoms with Gasteiger partial charge in [-0.2, -0.15) is 0 Å². The van der Waals surface area contributed by atoms with E-state index in [1.807, 2.05) is 0 Å². The molecule has 6 aliphatic heterocycles. The number of ether oxygens (including phenoxy) is 6. The fraction of sp³-hybridized carbons (Fsp3) is 0.229. The quantitative estimate of drug-likeness (QED) is 0.0676. The maximum Gasteiger partial charge on any atom is 0.339 e. The van der Waals surface area contributed by atoms with E-state index in [9.17, 15) is 95.8 Å². The standard InChI is InChI=1S/C48H34O26/c49-15-2-1-10(3-17(15)51)38-21(55)4-11-16(50)8-23-27(39(11)70-38)29-41-42(73-46(67)14-7-20(54)33(59)36(62)26(14)28-30(47(68)72-41)48(29,74-23)43(64)37(28)63)40-22(56)9-69-44(65)12-5-18(52)31(57)34(60)24(12)25-13(45(66)71-40)6-19(53)32(58)35(25)61/h1-3,5-8,21-22,29-30,38,40-42,49-63H,4,9H2/t21-,22+,29+,30+,38-,40+,41-,42-,48+/m0/s1. The molecule has 1 saturated heterocycles. The van der Waals surface area contributed by atoms with E-state index in [1.54, 1.807) is 0 Å². The molecule has 5 aromatic carbocycles. The van der Waals surface area contributed by atoms with Gasteiger partial charge in [0.25, 0.3) is 0 Å². The van der Waals surface area contributed by atoms with Crippen molar-refractivity contribution in [2.24, 2.45) is 5.92 Å². The second-order valence-corrected chi connectivity index (χ2v) is 17.9. The molecule has 26 heteroatoms. The molecule has 9 atom stereocenters. The molecule has 26 nitrogen and oxygen atoms in total. The highest BCUT2D eigenvalue weighted by Crippen LogP contribution is 2.67. The van der Waals surface area contributed by atoms with Crippen molar-refractivity contribution in [2.45, 2.75) is 54.6 Å². The second kappa shape index (κ2) is 15.7. The van der Waals surface area contributed by atoms with Crippen molar-refractivity contribution in [1.29, 1.82) is 0 Å². The van der Waals surface area contributed by atoms with Crippen molar-refractivity contribution in [1.82, 2.24) is 0 Å². The number of benzene rings is 5. The van der Waals surface area contributed by atoms with E-state index in [1.165, 1.54) is 6.07 Å². The van der Waals surface area contributed by atoms with Crippen LogP contribution in [-0.4, -0.2) is 149 Å². The minimum atomic E-state index is -2.94. The summed E-state index contributed by atoms with van der Waals surface area (Å²) in [6, 6.07) is 5.61. The van der Waals surface area contributed by atoms with Gasteiger partial charge < -0.3 is 105 Å². The number of aromatic hydroxyl groups is 12. The summed E-state index contributed by atoms with van der Waals surface area (Å²) in [6.45, 7) is -1.37. The predicted octanol–water partition coefficient (Wildman–Crippen LogP) is 1.46. The summed E-state index contributed by atoms with van der Waals surface area (Å²) in [7, 11) is 0. The van der Waals surface area contributed by atoms with Crippen molar-refractivity contribution >= 4 is 35.2 Å². The molecule has 7 aliphatic rings. The van der Waals surface area contributed by atoms with Crippen LogP contribution < -0.4 is 9.47 Å². The van der Waals surface area contributed by atoms with Crippen LogP contribution in [-0.2, 0) is 35.0 Å². The van der Waals surface area contributed by atoms with Gasteiger partial charge in [-0.05, 0) is 35.9 Å². The number of phenolic OH excluding ortho intramolecular Hbond substituents is 12. The number of hydrogen-bond acceptors (Lipinski definition) is 26. The lowest BCUT2D eigenvalue weighted by atomic mass is 9.66. The lowest BCUT2D eigenvalue weighted by molar-refractivity contribution is -0.200. The highest BCUT2D eigenvalue weighted by Gasteiger charge is 2.76. The molecular formula is C48H34O26. The predicted molar refractivity (Wildman–Crippen MR) is 233 cm³/mol. The number of carbonyl (C=O) groups excluding carboxylic acids is 5. The molecule has 74 heavy (non-hydrogen) atoms. The first kappa shape index (κ1) is 46.7. The Kier molecular flexibility index (Phi) is 9.87. The SMILES string of the molecule is O=C1O[C@@H]([C@@H]2OC(=O)c3cc(O)c(O)c(O)c3-c3c(cc(O)c(O)c3O)C(=O)OC[C@H]2O)[C@H]2OC(=O)[C@H]3C(=C(O)C(=O)[C@]34Oc3cc(O)c5c(c3[C@H]24)O[C@@H](c2ccc(O)c(O)c2)[C@@H](O)C5)c2c1cc(O)c(O)c2O. The Hall–Kier alpha value is -9.69. The summed E-state index contributed by atoms with van der Waals surface area (Å²) < 4.78 is 35.8. The first-order chi connectivity index (χ1) is 35.0. The van der Waals surface area contributed by atoms with Crippen molar-refractivity contribution in [2.75, 3.05) is 6.61 Å². The topological polar surface area (TPSA) is 444 Å². The Morgan fingerprint density at radius 3 is 1.66 bits per heavy atom. The first-order valence-corrected chi connectivity index (χ1v) is 21.7. The Morgan fingerprint density at radius 1 is 0.514 bits per heavy atom. The molecule has 0 amide bonds. The number of ketones is 1. The van der Waals surface area contributed by atoms with E-state index in [0.29, 0.717) is 18.2 Å². The number of Topliss-reactive ketones (excluding diaryl/α,β-unsaturated/α-hetero) is 1. The van der Waals surface area contributed by atoms with Gasteiger partial charge >= 0.3 is 23.9 Å². The number of aliphatic hydroxyl groups is 3. The Bertz CT molecular complexity index is 3490. The zero-order valence-corrected chi connectivity index (χ0v) is 36.8. The minimum absolute atomic E-state index is 0.0112. The average molecular weight is 1030 g/mol. The fourth-order valence-electron chi connectivity index (χ4n) is 10.7. The number of phenols is 12. The zero-order chi connectivity index (χ0) is 53.0. The molecule has 6 heterocycles. The third-order valence-electron chi connectivity index (χ3n) is 13.9. The summed E-state index contributed by atoms with van der Waals surface area (Å²) in [6.07, 6.45) is -13.8. The smallest absolute Gasteiger partial charge is 0.339 e. The number of cyclic esters (lactones) is 2. The number of fused-ring (bicyclic) bond motifs is 9. The zero-order valence-electron chi connectivity index (χ0n) is 36.8. The number of rotatable bonds is 2. The molecular weight excluding hydrogens is 993 g/mol. The van der Waals surface area contributed by atoms with E-state index in [0.717, 1.165) is 18.2 Å². The van der Waals surface area contributed by atoms with Gasteiger partial charge in [-0.3, -0.25) is 9.59 Å². The van der Waals surface area contributed by atoms with Gasteiger partial charge in [0.2, 0.25) is 28.6 Å². The van der Waals surface area contributed by atoms with Gasteiger partial charge in [0.1, 0.15) is 42.0 Å². The van der Waals surface area contributed by atoms with Crippen LogP contribution >= 0.6 is 0 Å². The van der Waals surface area contributed by atoms with E-state index in [-0.39, 0.29) is 16.7 Å². The Labute approximate surface area is 409 Å². The van der Waals surface area contributed by atoms with Crippen LogP contribution in [0.5, 0.6) is 80.5 Å². The normalized spacial score (nSPS) is 26.5. The molecule has 382 valence electrons. The van der Waals surface area contributed by atoms with Crippen LogP contribution in [0.2, 0.25) is 0 Å². The summed E-state index contributed by atoms with van der Waals surface area (Å²) in [5, 5.41) is 165. The van der Waals surface area contributed by atoms with Crippen LogP contribution in [0, 0.1) is 5.92 Å². The molecule has 1 spiro atoms. The van der Waals surface area contributed by atoms with Gasteiger partial charge in [-0.15, -0.1) is 0 Å². The molecule has 0 saturated carbocycles. The highest BCUT2D eigenvalue weighted by molar-refractivity contribution is 6.21. The summed E-state index contributed by atoms with van der Waals surface area (Å²) in [5.41, 5.74) is -10.8. The van der Waals surface area contributed by atoms with Crippen molar-refractivity contribution < 1.29 is 129 Å². The molecule has 1 fully saturated rings. The van der Waals surface area contributed by atoms with Crippen molar-refractivity contribution in [3.63, 3.8) is 0 Å². The molecule has 12 rings (SSSR count). The van der Waals surface area contributed by atoms with Crippen LogP contribution in [0.4, 0.5) is 0 Å². The molecule has 0 aromatic heterocycles. The van der Waals surface area contributed by atoms with E-state index in [2.05, 4.69) is 0 Å². The maximum atomic E-state index is 15.1. The maximum absolute atomic E-state index is 15.1. The molecule has 0 radical (unpaired) electrons. The molecule has 4 bridgehead atoms. The number of hydrogen-bond donors (Lipinski definition) is 15. The molecule has 1 aliphatic carbocycles. The summed E-state index contributed by atoms with van der Waals surface area (Å²) in [5.74, 6) is -29.2. The minimum Gasteiger partial charge on any atom is -0.507 e. The van der Waals surface area contributed by atoms with Crippen molar-refractivity contribution in [3.05, 3.63) is 87.2 Å². The summed E-state index contributed by atoms with van der Waals surface area (Å²) in [4.78, 5) is 73.5. The number of aliphatic hydroxyl groups excluding tert-OH is 3. The van der Waals surface area contributed by atoms with E-state index >= 15 is 4.79 Å². The molecule has 15 N–H and O–H groups in total. The average Bonchev–Trinajstić information content (AvgIpc) is 3.90. The van der Waals surface area contributed by atoms with E-state index in [4.69, 9.17) is 28.4 Å². The Morgan fingerprint density at radius 2 is 1.07 bits per heavy atom. The third-order valence-corrected chi connectivity index (χ3v) is 13.9. The van der Waals surface area contributed by atoms with Gasteiger partial charge in [-0.25, -0.2) is 14.4 Å². The largest absolute Gasteiger partial charge is 0.507 e. The number of carbonyl (C=O) groups is 5. The third kappa shape index (κ3) is 6.14. The van der Waals surface area contributed by atoms with Gasteiger partial charge in [0, 0.05) is 45.9 Å². The molecule has 0 unspecified atom stereocenters. The van der Waals surface area contributed by atoms with E-state index < -0.39 is 222 Å². The Balaban J connectivity index is 1.17. The van der Waals surface area contributed by atoms with Crippen LogP contribution in [0.15, 0.2) is 48.2 Å². The molecule has 5 aromatic rings. The van der Waals surface area contributed by atoms with Gasteiger partial charge in [-0.1, -0.05) is 6.07 Å². The second-order valence-electron chi connectivity index (χ2n) is 17.9. The first-order valence-electron chi connectivity index (χ1n) is 21.7. The highest BCUT2D eigenvalue weighted by atomic mass is 16.6. The van der Waals surface area contributed by atoms with Crippen LogP contribution in [0.1, 0.15) is 65.3 Å². The monoisotopic (exact) mass is 1030 g/mol. The number of esters is 4. The van der Waals surface area contributed by atoms with Crippen LogP contribution in [0.25, 0.3) is 16.7 Å². The lowest BCUT2D eigenvalue weighted by Crippen LogP contribution is -2.65. The van der Waals surface area contributed by atoms with Gasteiger partial charge in [0.05, 0.1) is 28.7 Å². The van der Waals surface area contributed by atoms with Crippen LogP contribution in [0.3, 0.4) is 0 Å².